The van der Waals surface area contributed by atoms with E-state index in [-0.39, 0.29) is 5.82 Å². The monoisotopic (exact) mass is 217 g/mol. The minimum atomic E-state index is -0.703. The molecule has 2 aromatic rings. The van der Waals surface area contributed by atoms with Crippen LogP contribution in [0.15, 0.2) is 48.5 Å². The predicted molar refractivity (Wildman–Crippen MR) is 60.5 cm³/mol. The summed E-state index contributed by atoms with van der Waals surface area (Å²) in [5.41, 5.74) is 2.13. The highest BCUT2D eigenvalue weighted by molar-refractivity contribution is 5.88. The standard InChI is InChI=1S/C13H9FO2/c14-12-7-5-10(6-8-12)9-1-3-11(4-2-9)13(15)16/h1-8H,(H,15,16)/p+1. The van der Waals surface area contributed by atoms with Crippen molar-refractivity contribution in [2.24, 2.45) is 0 Å². The van der Waals surface area contributed by atoms with Crippen LogP contribution in [0.3, 0.4) is 0 Å². The summed E-state index contributed by atoms with van der Waals surface area (Å²) in [6.07, 6.45) is 0. The third kappa shape index (κ3) is 2.08. The van der Waals surface area contributed by atoms with Gasteiger partial charge in [-0.1, -0.05) is 24.3 Å². The van der Waals surface area contributed by atoms with Crippen LogP contribution in [0.2, 0.25) is 0 Å². The minimum Gasteiger partial charge on any atom is -0.335 e. The summed E-state index contributed by atoms with van der Waals surface area (Å²) in [5.74, 6) is -0.979. The first-order valence-electron chi connectivity index (χ1n) is 4.78. The van der Waals surface area contributed by atoms with Crippen LogP contribution in [0, 0.1) is 5.82 Å². The van der Waals surface area contributed by atoms with E-state index in [9.17, 15) is 4.39 Å². The van der Waals surface area contributed by atoms with E-state index < -0.39 is 5.97 Å². The Labute approximate surface area is 92.0 Å². The van der Waals surface area contributed by atoms with Crippen molar-refractivity contribution in [3.05, 3.63) is 59.9 Å². The van der Waals surface area contributed by atoms with Gasteiger partial charge < -0.3 is 9.90 Å². The number of carboxylic acid groups (broad SMARTS) is 1. The van der Waals surface area contributed by atoms with Gasteiger partial charge in [-0.15, -0.1) is 0 Å². The van der Waals surface area contributed by atoms with Crippen molar-refractivity contribution in [1.82, 2.24) is 0 Å². The molecule has 2 aromatic carbocycles. The van der Waals surface area contributed by atoms with Gasteiger partial charge in [-0.05, 0) is 35.4 Å². The molecule has 0 aliphatic carbocycles. The molecule has 2 nitrogen and oxygen atoms in total. The van der Waals surface area contributed by atoms with Gasteiger partial charge in [0.25, 0.3) is 0 Å². The molecule has 0 amide bonds. The zero-order valence-electron chi connectivity index (χ0n) is 8.39. The fraction of sp³-hybridized carbons (Fsp3) is 0. The van der Waals surface area contributed by atoms with E-state index in [0.717, 1.165) is 11.1 Å². The SMILES string of the molecule is OC(=[OH+])c1ccc(-c2ccc(F)cc2)cc1. The van der Waals surface area contributed by atoms with Crippen molar-refractivity contribution in [1.29, 1.82) is 0 Å². The molecular weight excluding hydrogens is 207 g/mol. The Bertz CT molecular complexity index is 500. The number of benzene rings is 2. The molecule has 0 aromatic heterocycles. The molecule has 2 N–H and O–H groups in total. The number of rotatable bonds is 2. The maximum Gasteiger partial charge on any atom is 0.515 e. The lowest BCUT2D eigenvalue weighted by molar-refractivity contribution is 0.463. The van der Waals surface area contributed by atoms with Gasteiger partial charge in [-0.2, -0.15) is 0 Å². The van der Waals surface area contributed by atoms with Crippen LogP contribution in [-0.4, -0.2) is 15.9 Å². The molecule has 0 saturated heterocycles. The van der Waals surface area contributed by atoms with Crippen molar-refractivity contribution < 1.29 is 14.3 Å². The molecule has 0 saturated carbocycles. The van der Waals surface area contributed by atoms with Gasteiger partial charge in [0.1, 0.15) is 11.4 Å². The van der Waals surface area contributed by atoms with Crippen molar-refractivity contribution in [3.63, 3.8) is 0 Å². The topological polar surface area (TPSA) is 41.6 Å². The van der Waals surface area contributed by atoms with Gasteiger partial charge in [0.15, 0.2) is 0 Å². The second-order valence-electron chi connectivity index (χ2n) is 3.41. The van der Waals surface area contributed by atoms with Gasteiger partial charge in [0.2, 0.25) is 0 Å². The fourth-order valence-electron chi connectivity index (χ4n) is 1.45. The summed E-state index contributed by atoms with van der Waals surface area (Å²) in [6, 6.07) is 12.8. The second kappa shape index (κ2) is 4.14. The molecule has 0 aliphatic rings. The Morgan fingerprint density at radius 1 is 0.875 bits per heavy atom. The van der Waals surface area contributed by atoms with Crippen LogP contribution in [0.1, 0.15) is 5.56 Å². The van der Waals surface area contributed by atoms with Crippen molar-refractivity contribution in [2.45, 2.75) is 0 Å². The first-order chi connectivity index (χ1) is 7.66. The van der Waals surface area contributed by atoms with Gasteiger partial charge >= 0.3 is 5.97 Å². The molecule has 80 valence electrons. The normalized spacial score (nSPS) is 10.1. The molecule has 0 bridgehead atoms. The van der Waals surface area contributed by atoms with E-state index >= 15 is 0 Å². The fourth-order valence-corrected chi connectivity index (χ4v) is 1.45. The zero-order chi connectivity index (χ0) is 11.5. The van der Waals surface area contributed by atoms with Crippen LogP contribution >= 0.6 is 0 Å². The Morgan fingerprint density at radius 3 is 1.75 bits per heavy atom. The van der Waals surface area contributed by atoms with E-state index in [1.165, 1.54) is 12.1 Å². The molecule has 0 radical (unpaired) electrons. The number of aliphatic hydroxyl groups excluding tert-OH is 1. The third-order valence-electron chi connectivity index (χ3n) is 2.32. The number of halogens is 1. The molecule has 0 fully saturated rings. The molecule has 0 atom stereocenters. The first kappa shape index (κ1) is 10.4. The summed E-state index contributed by atoms with van der Waals surface area (Å²) >= 11 is 0. The van der Waals surface area contributed by atoms with E-state index in [0.29, 0.717) is 5.56 Å². The lowest BCUT2D eigenvalue weighted by Gasteiger charge is -2.00. The average molecular weight is 217 g/mol. The molecule has 0 unspecified atom stereocenters. The Balaban J connectivity index is 2.34. The number of hydrogen-bond donors (Lipinski definition) is 1. The summed E-state index contributed by atoms with van der Waals surface area (Å²) in [6.45, 7) is 0. The first-order valence-corrected chi connectivity index (χ1v) is 4.78. The molecular formula is C13H10FO2+. The van der Waals surface area contributed by atoms with Gasteiger partial charge in [-0.25, -0.2) is 4.39 Å². The number of hydrogen-bond acceptors (Lipinski definition) is 0. The highest BCUT2D eigenvalue weighted by Gasteiger charge is 2.08. The summed E-state index contributed by atoms with van der Waals surface area (Å²) in [5, 5.41) is 8.84. The third-order valence-corrected chi connectivity index (χ3v) is 2.32. The van der Waals surface area contributed by atoms with Crippen molar-refractivity contribution in [2.75, 3.05) is 0 Å². The van der Waals surface area contributed by atoms with Crippen LogP contribution < -0.4 is 0 Å². The van der Waals surface area contributed by atoms with Crippen molar-refractivity contribution in [3.8, 4) is 11.1 Å². The van der Waals surface area contributed by atoms with Gasteiger partial charge in [0.05, 0.1) is 0 Å². The lowest BCUT2D eigenvalue weighted by Crippen LogP contribution is -1.96. The predicted octanol–water partition coefficient (Wildman–Crippen LogP) is 2.90. The summed E-state index contributed by atoms with van der Waals surface area (Å²) in [4.78, 5) is 8.84. The second-order valence-corrected chi connectivity index (χ2v) is 3.41. The lowest BCUT2D eigenvalue weighted by atomic mass is 10.0. The number of aromatic carboxylic acids is 1. The van der Waals surface area contributed by atoms with E-state index in [2.05, 4.69) is 0 Å². The maximum atomic E-state index is 12.7. The zero-order valence-corrected chi connectivity index (χ0v) is 8.39. The Hall–Kier alpha value is -2.16. The highest BCUT2D eigenvalue weighted by atomic mass is 19.1. The number of carboxylic acids is 1. The summed E-state index contributed by atoms with van der Waals surface area (Å²) < 4.78 is 12.7. The van der Waals surface area contributed by atoms with Crippen molar-refractivity contribution >= 4 is 5.97 Å². The van der Waals surface area contributed by atoms with E-state index in [1.54, 1.807) is 36.4 Å². The van der Waals surface area contributed by atoms with E-state index in [1.807, 2.05) is 0 Å². The van der Waals surface area contributed by atoms with E-state index in [4.69, 9.17) is 9.90 Å². The molecule has 0 heterocycles. The summed E-state index contributed by atoms with van der Waals surface area (Å²) in [7, 11) is 0. The highest BCUT2D eigenvalue weighted by Crippen LogP contribution is 2.19. The molecule has 0 aliphatic heterocycles. The Kier molecular flexibility index (Phi) is 2.68. The van der Waals surface area contributed by atoms with Gasteiger partial charge in [-0.3, -0.25) is 0 Å². The quantitative estimate of drug-likeness (QED) is 0.772. The van der Waals surface area contributed by atoms with Crippen LogP contribution in [-0.2, 0) is 0 Å². The van der Waals surface area contributed by atoms with Crippen LogP contribution in [0.25, 0.3) is 11.1 Å². The molecule has 3 heteroatoms. The minimum absolute atomic E-state index is 0.276. The van der Waals surface area contributed by atoms with Gasteiger partial charge in [0, 0.05) is 0 Å². The maximum absolute atomic E-state index is 12.7. The van der Waals surface area contributed by atoms with Crippen LogP contribution in [0.5, 0.6) is 0 Å². The molecule has 2 rings (SSSR count). The smallest absolute Gasteiger partial charge is 0.335 e. The average Bonchev–Trinajstić information content (AvgIpc) is 2.30. The molecule has 0 spiro atoms. The molecule has 16 heavy (non-hydrogen) atoms. The van der Waals surface area contributed by atoms with Crippen LogP contribution in [0.4, 0.5) is 4.39 Å². The largest absolute Gasteiger partial charge is 0.515 e. The Morgan fingerprint density at radius 2 is 1.31 bits per heavy atom.